The molecule has 44 heavy (non-hydrogen) atoms. The molecule has 1 nitrogen and oxygen atoms in total. The fourth-order valence-electron chi connectivity index (χ4n) is 10.7. The Morgan fingerprint density at radius 3 is 2.02 bits per heavy atom. The van der Waals surface area contributed by atoms with Crippen LogP contribution in [-0.2, 0) is 5.41 Å². The highest BCUT2D eigenvalue weighted by molar-refractivity contribution is 8.00. The van der Waals surface area contributed by atoms with Crippen LogP contribution in [0.15, 0.2) is 115 Å². The van der Waals surface area contributed by atoms with Crippen molar-refractivity contribution >= 4 is 11.8 Å². The van der Waals surface area contributed by atoms with Gasteiger partial charge in [-0.05, 0) is 107 Å². The van der Waals surface area contributed by atoms with Gasteiger partial charge in [0.2, 0.25) is 0 Å². The predicted octanol–water partition coefficient (Wildman–Crippen LogP) is 10.1. The van der Waals surface area contributed by atoms with E-state index >= 15 is 0 Å². The Balaban J connectivity index is 1.08. The molecule has 6 aliphatic rings. The minimum absolute atomic E-state index is 0.242. The van der Waals surface area contributed by atoms with Crippen LogP contribution in [0.4, 0.5) is 0 Å². The summed E-state index contributed by atoms with van der Waals surface area (Å²) in [5, 5.41) is 1.45. The van der Waals surface area contributed by atoms with E-state index in [1.54, 1.807) is 5.56 Å². The molecule has 0 aromatic heterocycles. The van der Waals surface area contributed by atoms with E-state index in [2.05, 4.69) is 127 Å². The van der Waals surface area contributed by atoms with Gasteiger partial charge in [-0.25, -0.2) is 0 Å². The van der Waals surface area contributed by atoms with Gasteiger partial charge >= 0.3 is 0 Å². The minimum Gasteiger partial charge on any atom is -0.366 e. The molecule has 2 saturated carbocycles. The van der Waals surface area contributed by atoms with Gasteiger partial charge in [0.25, 0.3) is 0 Å². The van der Waals surface area contributed by atoms with Crippen molar-refractivity contribution in [3.8, 4) is 22.3 Å². The standard InChI is InChI=1S/C42H39NS/c1-25-22-26(2)43-38-21-19-28(24-40(38)44-39-17-9-13-29(25)41(39)43)27-18-20-33-32-12-5-8-16-36(32)42(37(33)23-27)34-14-6-3-10-30(34)31-11-4-7-15-35(31)42/h3-8,10-12,14-16,18,20,22-23,28-29,38-41H,1,9,13,17,19,21,24H2,2H3. The molecular formula is C42H39NS. The van der Waals surface area contributed by atoms with Crippen LogP contribution in [0.25, 0.3) is 22.3 Å². The van der Waals surface area contributed by atoms with Crippen molar-refractivity contribution in [2.45, 2.75) is 79.4 Å². The van der Waals surface area contributed by atoms with E-state index in [1.165, 1.54) is 94.3 Å². The zero-order chi connectivity index (χ0) is 29.2. The molecule has 6 atom stereocenters. The molecule has 1 spiro atoms. The largest absolute Gasteiger partial charge is 0.366 e. The van der Waals surface area contributed by atoms with Crippen LogP contribution in [0.5, 0.6) is 0 Å². The molecule has 2 heterocycles. The lowest BCUT2D eigenvalue weighted by Gasteiger charge is -2.59. The number of fused-ring (bicyclic) bond motifs is 12. The SMILES string of the molecule is C=C1C=C(C)N2C3CCC(c4ccc5c(c4)C4(c6ccccc6-c6ccccc64)c4ccccc4-5)CC3SC3CCCC1C32. The molecular weight excluding hydrogens is 551 g/mol. The molecule has 4 aromatic rings. The molecule has 0 radical (unpaired) electrons. The van der Waals surface area contributed by atoms with Gasteiger partial charge in [-0.15, -0.1) is 0 Å². The van der Waals surface area contributed by atoms with E-state index in [4.69, 9.17) is 0 Å². The van der Waals surface area contributed by atoms with Gasteiger partial charge in [-0.2, -0.15) is 11.8 Å². The molecule has 2 aliphatic heterocycles. The average molecular weight is 590 g/mol. The maximum absolute atomic E-state index is 4.52. The second-order valence-electron chi connectivity index (χ2n) is 14.3. The Morgan fingerprint density at radius 2 is 1.34 bits per heavy atom. The third-order valence-electron chi connectivity index (χ3n) is 12.4. The number of thioether (sulfide) groups is 1. The highest BCUT2D eigenvalue weighted by atomic mass is 32.2. The summed E-state index contributed by atoms with van der Waals surface area (Å²) in [5.41, 5.74) is 15.6. The molecule has 2 heteroatoms. The van der Waals surface area contributed by atoms with Crippen molar-refractivity contribution in [3.05, 3.63) is 143 Å². The number of benzene rings is 4. The Bertz CT molecular complexity index is 1830. The first-order valence-electron chi connectivity index (χ1n) is 16.9. The lowest BCUT2D eigenvalue weighted by atomic mass is 9.69. The molecule has 218 valence electrons. The normalized spacial score (nSPS) is 30.1. The van der Waals surface area contributed by atoms with Crippen LogP contribution < -0.4 is 0 Å². The summed E-state index contributed by atoms with van der Waals surface area (Å²) < 4.78 is 0. The first kappa shape index (κ1) is 25.8. The fourth-order valence-corrected chi connectivity index (χ4v) is 12.7. The van der Waals surface area contributed by atoms with Crippen LogP contribution in [0.2, 0.25) is 0 Å². The van der Waals surface area contributed by atoms with E-state index in [0.717, 1.165) is 5.25 Å². The number of rotatable bonds is 1. The Morgan fingerprint density at radius 1 is 0.705 bits per heavy atom. The molecule has 0 bridgehead atoms. The van der Waals surface area contributed by atoms with Crippen LogP contribution in [0.3, 0.4) is 0 Å². The van der Waals surface area contributed by atoms with E-state index in [-0.39, 0.29) is 5.41 Å². The second kappa shape index (κ2) is 9.27. The zero-order valence-electron chi connectivity index (χ0n) is 25.5. The lowest BCUT2D eigenvalue weighted by molar-refractivity contribution is 0.0771. The van der Waals surface area contributed by atoms with Crippen molar-refractivity contribution < 1.29 is 0 Å². The highest BCUT2D eigenvalue weighted by Crippen LogP contribution is 2.63. The summed E-state index contributed by atoms with van der Waals surface area (Å²) in [6.07, 6.45) is 10.3. The quantitative estimate of drug-likeness (QED) is 0.188. The first-order valence-corrected chi connectivity index (χ1v) is 17.8. The monoisotopic (exact) mass is 589 g/mol. The zero-order valence-corrected chi connectivity index (χ0v) is 26.3. The van der Waals surface area contributed by atoms with Crippen LogP contribution in [-0.4, -0.2) is 27.5 Å². The Labute approximate surface area is 266 Å². The van der Waals surface area contributed by atoms with E-state index < -0.39 is 0 Å². The molecule has 1 saturated heterocycles. The van der Waals surface area contributed by atoms with Crippen molar-refractivity contribution in [3.63, 3.8) is 0 Å². The van der Waals surface area contributed by atoms with Gasteiger partial charge in [-0.3, -0.25) is 0 Å². The van der Waals surface area contributed by atoms with E-state index in [9.17, 15) is 0 Å². The third-order valence-corrected chi connectivity index (χ3v) is 14.1. The molecule has 3 fully saturated rings. The summed E-state index contributed by atoms with van der Waals surface area (Å²) in [7, 11) is 0. The van der Waals surface area contributed by atoms with E-state index in [1.807, 2.05) is 0 Å². The first-order chi connectivity index (χ1) is 21.6. The summed E-state index contributed by atoms with van der Waals surface area (Å²) in [6, 6.07) is 36.6. The van der Waals surface area contributed by atoms with Crippen LogP contribution >= 0.6 is 11.8 Å². The van der Waals surface area contributed by atoms with E-state index in [0.29, 0.717) is 29.2 Å². The Kier molecular flexibility index (Phi) is 5.43. The number of hydrogen-bond donors (Lipinski definition) is 0. The van der Waals surface area contributed by atoms with Crippen molar-refractivity contribution in [2.75, 3.05) is 0 Å². The van der Waals surface area contributed by atoms with Gasteiger partial charge in [0.1, 0.15) is 0 Å². The van der Waals surface area contributed by atoms with Gasteiger partial charge in [0, 0.05) is 34.2 Å². The fraction of sp³-hybridized carbons (Fsp3) is 0.333. The summed E-state index contributed by atoms with van der Waals surface area (Å²) in [6.45, 7) is 6.88. The second-order valence-corrected chi connectivity index (χ2v) is 15.8. The summed E-state index contributed by atoms with van der Waals surface area (Å²) >= 11 is 2.36. The van der Waals surface area contributed by atoms with Crippen molar-refractivity contribution in [1.29, 1.82) is 0 Å². The number of allylic oxidation sites excluding steroid dienone is 2. The van der Waals surface area contributed by atoms with Crippen molar-refractivity contribution in [1.82, 2.24) is 4.90 Å². The van der Waals surface area contributed by atoms with Gasteiger partial charge in [0.15, 0.2) is 0 Å². The number of nitrogens with zero attached hydrogens (tertiary/aromatic N) is 1. The molecule has 4 aliphatic carbocycles. The van der Waals surface area contributed by atoms with Gasteiger partial charge in [-0.1, -0.05) is 104 Å². The molecule has 0 amide bonds. The third kappa shape index (κ3) is 3.23. The predicted molar refractivity (Wildman–Crippen MR) is 184 cm³/mol. The van der Waals surface area contributed by atoms with Gasteiger partial charge < -0.3 is 4.90 Å². The number of hydrogen-bond acceptors (Lipinski definition) is 2. The Hall–Kier alpha value is -3.49. The molecule has 10 rings (SSSR count). The summed E-state index contributed by atoms with van der Waals surface area (Å²) in [4.78, 5) is 2.90. The summed E-state index contributed by atoms with van der Waals surface area (Å²) in [5.74, 6) is 1.28. The van der Waals surface area contributed by atoms with Crippen LogP contribution in [0, 0.1) is 5.92 Å². The topological polar surface area (TPSA) is 3.24 Å². The van der Waals surface area contributed by atoms with Crippen molar-refractivity contribution in [2.24, 2.45) is 5.92 Å². The molecule has 0 N–H and O–H groups in total. The smallest absolute Gasteiger partial charge is 0.0725 e. The average Bonchev–Trinajstić information content (AvgIpc) is 3.53. The highest BCUT2D eigenvalue weighted by Gasteiger charge is 2.53. The maximum Gasteiger partial charge on any atom is 0.0725 e. The minimum atomic E-state index is -0.242. The maximum atomic E-state index is 4.52. The molecule has 6 unspecified atom stereocenters. The van der Waals surface area contributed by atoms with Gasteiger partial charge in [0.05, 0.1) is 5.41 Å². The lowest BCUT2D eigenvalue weighted by Crippen LogP contribution is -2.62. The van der Waals surface area contributed by atoms with Crippen LogP contribution in [0.1, 0.15) is 79.2 Å². The molecule has 4 aromatic carbocycles.